The highest BCUT2D eigenvalue weighted by atomic mass is 16.5. The van der Waals surface area contributed by atoms with Crippen LogP contribution in [-0.2, 0) is 11.3 Å². The first kappa shape index (κ1) is 13.1. The second-order valence-corrected chi connectivity index (χ2v) is 4.99. The molecule has 20 heavy (non-hydrogen) atoms. The molecule has 0 fully saturated rings. The summed E-state index contributed by atoms with van der Waals surface area (Å²) in [5.41, 5.74) is 2.17. The van der Waals surface area contributed by atoms with Crippen molar-refractivity contribution in [2.45, 2.75) is 13.5 Å². The Bertz CT molecular complexity index is 692. The Morgan fingerprint density at radius 1 is 1.40 bits per heavy atom. The summed E-state index contributed by atoms with van der Waals surface area (Å²) < 4.78 is 16.2. The molecular weight excluding hydrogens is 258 g/mol. The van der Waals surface area contributed by atoms with Gasteiger partial charge in [0.25, 0.3) is 0 Å². The quantitative estimate of drug-likeness (QED) is 0.801. The van der Waals surface area contributed by atoms with E-state index in [0.29, 0.717) is 25.5 Å². The molecule has 0 aliphatic carbocycles. The van der Waals surface area contributed by atoms with Crippen LogP contribution in [0.3, 0.4) is 0 Å². The third kappa shape index (κ3) is 2.30. The minimum atomic E-state index is -0.322. The average Bonchev–Trinajstić information content (AvgIpc) is 2.44. The van der Waals surface area contributed by atoms with Gasteiger partial charge in [-0.3, -0.25) is 4.90 Å². The standard InChI is InChI=1S/C15H17NO4/c1-10-7-14(17)20-15-11(10)3-4-13-12(15)8-16(9-19-13)5-6-18-2/h3-4,7H,5-6,8-9H2,1-2H3. The predicted molar refractivity (Wildman–Crippen MR) is 75.0 cm³/mol. The fourth-order valence-corrected chi connectivity index (χ4v) is 2.50. The molecule has 0 saturated heterocycles. The first-order chi connectivity index (χ1) is 9.69. The summed E-state index contributed by atoms with van der Waals surface area (Å²) >= 11 is 0. The number of methoxy groups -OCH3 is 1. The van der Waals surface area contributed by atoms with Crippen LogP contribution in [0.25, 0.3) is 11.0 Å². The third-order valence-corrected chi connectivity index (χ3v) is 3.58. The van der Waals surface area contributed by atoms with Gasteiger partial charge >= 0.3 is 5.63 Å². The van der Waals surface area contributed by atoms with E-state index >= 15 is 0 Å². The van der Waals surface area contributed by atoms with Crippen LogP contribution in [0.15, 0.2) is 27.4 Å². The monoisotopic (exact) mass is 275 g/mol. The van der Waals surface area contributed by atoms with Crippen LogP contribution in [0, 0.1) is 6.92 Å². The molecular formula is C15H17NO4. The van der Waals surface area contributed by atoms with E-state index in [9.17, 15) is 4.79 Å². The summed E-state index contributed by atoms with van der Waals surface area (Å²) in [6.45, 7) is 4.56. The van der Waals surface area contributed by atoms with Gasteiger partial charge in [-0.05, 0) is 24.6 Å². The molecule has 5 nitrogen and oxygen atoms in total. The lowest BCUT2D eigenvalue weighted by Crippen LogP contribution is -2.34. The molecule has 0 unspecified atom stereocenters. The van der Waals surface area contributed by atoms with Crippen molar-refractivity contribution >= 4 is 11.0 Å². The highest BCUT2D eigenvalue weighted by molar-refractivity contribution is 5.85. The highest BCUT2D eigenvalue weighted by Crippen LogP contribution is 2.32. The Labute approximate surface area is 116 Å². The molecule has 2 heterocycles. The van der Waals surface area contributed by atoms with Crippen LogP contribution in [0.1, 0.15) is 11.1 Å². The molecule has 1 aromatic heterocycles. The Morgan fingerprint density at radius 3 is 3.05 bits per heavy atom. The lowest BCUT2D eigenvalue weighted by Gasteiger charge is -2.29. The van der Waals surface area contributed by atoms with E-state index in [0.717, 1.165) is 28.8 Å². The third-order valence-electron chi connectivity index (χ3n) is 3.58. The van der Waals surface area contributed by atoms with Crippen LogP contribution >= 0.6 is 0 Å². The van der Waals surface area contributed by atoms with E-state index in [1.165, 1.54) is 6.07 Å². The summed E-state index contributed by atoms with van der Waals surface area (Å²) in [7, 11) is 1.68. The van der Waals surface area contributed by atoms with Crippen molar-refractivity contribution in [1.29, 1.82) is 0 Å². The second kappa shape index (κ2) is 5.26. The van der Waals surface area contributed by atoms with Crippen LogP contribution in [0.5, 0.6) is 5.75 Å². The predicted octanol–water partition coefficient (Wildman–Crippen LogP) is 1.90. The summed E-state index contributed by atoms with van der Waals surface area (Å²) in [6, 6.07) is 5.40. The van der Waals surface area contributed by atoms with E-state index in [1.807, 2.05) is 19.1 Å². The van der Waals surface area contributed by atoms with E-state index in [-0.39, 0.29) is 5.63 Å². The zero-order valence-corrected chi connectivity index (χ0v) is 11.6. The van der Waals surface area contributed by atoms with Gasteiger partial charge in [0, 0.05) is 31.7 Å². The molecule has 1 aliphatic rings. The first-order valence-electron chi connectivity index (χ1n) is 6.59. The molecule has 0 spiro atoms. The molecule has 3 rings (SSSR count). The largest absolute Gasteiger partial charge is 0.478 e. The van der Waals surface area contributed by atoms with Crippen LogP contribution in [-0.4, -0.2) is 31.9 Å². The number of aryl methyl sites for hydroxylation is 1. The number of nitrogens with zero attached hydrogens (tertiary/aromatic N) is 1. The normalized spacial score (nSPS) is 15.1. The number of benzene rings is 1. The molecule has 0 saturated carbocycles. The zero-order valence-electron chi connectivity index (χ0n) is 11.6. The molecule has 0 radical (unpaired) electrons. The lowest BCUT2D eigenvalue weighted by molar-refractivity contribution is 0.0658. The summed E-state index contributed by atoms with van der Waals surface area (Å²) in [6.07, 6.45) is 0. The van der Waals surface area contributed by atoms with Gasteiger partial charge in [-0.2, -0.15) is 0 Å². The van der Waals surface area contributed by atoms with Gasteiger partial charge in [0.2, 0.25) is 0 Å². The number of hydrogen-bond acceptors (Lipinski definition) is 5. The van der Waals surface area contributed by atoms with Crippen LogP contribution in [0.2, 0.25) is 0 Å². The molecule has 2 aromatic rings. The minimum absolute atomic E-state index is 0.322. The van der Waals surface area contributed by atoms with E-state index in [1.54, 1.807) is 7.11 Å². The van der Waals surface area contributed by atoms with Gasteiger partial charge in [-0.25, -0.2) is 4.79 Å². The Hall–Kier alpha value is -1.85. The molecule has 0 bridgehead atoms. The molecule has 0 atom stereocenters. The zero-order chi connectivity index (χ0) is 14.1. The minimum Gasteiger partial charge on any atom is -0.478 e. The Balaban J connectivity index is 2.06. The molecule has 0 N–H and O–H groups in total. The Morgan fingerprint density at radius 2 is 2.25 bits per heavy atom. The Kier molecular flexibility index (Phi) is 3.46. The molecule has 1 aromatic carbocycles. The summed E-state index contributed by atoms with van der Waals surface area (Å²) in [5.74, 6) is 0.792. The van der Waals surface area contributed by atoms with Gasteiger partial charge in [0.1, 0.15) is 18.1 Å². The molecule has 1 aliphatic heterocycles. The van der Waals surface area contributed by atoms with E-state index in [2.05, 4.69) is 4.90 Å². The van der Waals surface area contributed by atoms with Gasteiger partial charge in [0.05, 0.1) is 12.2 Å². The molecule has 5 heteroatoms. The van der Waals surface area contributed by atoms with Crippen molar-refractivity contribution in [2.24, 2.45) is 0 Å². The van der Waals surface area contributed by atoms with Crippen molar-refractivity contribution in [3.8, 4) is 5.75 Å². The van der Waals surface area contributed by atoms with Crippen molar-refractivity contribution < 1.29 is 13.9 Å². The number of ether oxygens (including phenoxy) is 2. The topological polar surface area (TPSA) is 51.9 Å². The average molecular weight is 275 g/mol. The SMILES string of the molecule is COCCN1COc2ccc3c(C)cc(=O)oc3c2C1. The fraction of sp³-hybridized carbons (Fsp3) is 0.400. The molecule has 106 valence electrons. The fourth-order valence-electron chi connectivity index (χ4n) is 2.50. The second-order valence-electron chi connectivity index (χ2n) is 4.99. The van der Waals surface area contributed by atoms with Crippen LogP contribution in [0.4, 0.5) is 0 Å². The highest BCUT2D eigenvalue weighted by Gasteiger charge is 2.21. The van der Waals surface area contributed by atoms with Crippen molar-refractivity contribution in [2.75, 3.05) is 27.0 Å². The lowest BCUT2D eigenvalue weighted by atomic mass is 10.1. The van der Waals surface area contributed by atoms with E-state index < -0.39 is 0 Å². The van der Waals surface area contributed by atoms with Gasteiger partial charge < -0.3 is 13.9 Å². The van der Waals surface area contributed by atoms with Crippen molar-refractivity contribution in [1.82, 2.24) is 4.90 Å². The first-order valence-corrected chi connectivity index (χ1v) is 6.59. The van der Waals surface area contributed by atoms with Crippen LogP contribution < -0.4 is 10.4 Å². The van der Waals surface area contributed by atoms with Gasteiger partial charge in [0.15, 0.2) is 0 Å². The van der Waals surface area contributed by atoms with Gasteiger partial charge in [-0.1, -0.05) is 0 Å². The summed E-state index contributed by atoms with van der Waals surface area (Å²) in [4.78, 5) is 13.7. The number of hydrogen-bond donors (Lipinski definition) is 0. The maximum atomic E-state index is 11.6. The number of rotatable bonds is 3. The smallest absolute Gasteiger partial charge is 0.336 e. The van der Waals surface area contributed by atoms with Crippen molar-refractivity contribution in [3.05, 3.63) is 39.7 Å². The maximum absolute atomic E-state index is 11.6. The molecule has 0 amide bonds. The van der Waals surface area contributed by atoms with Crippen molar-refractivity contribution in [3.63, 3.8) is 0 Å². The summed E-state index contributed by atoms with van der Waals surface area (Å²) in [5, 5.41) is 0.959. The van der Waals surface area contributed by atoms with E-state index in [4.69, 9.17) is 13.9 Å². The van der Waals surface area contributed by atoms with Gasteiger partial charge in [-0.15, -0.1) is 0 Å². The number of fused-ring (bicyclic) bond motifs is 3. The maximum Gasteiger partial charge on any atom is 0.336 e.